The normalized spacial score (nSPS) is 10.5. The average molecular weight is 315 g/mol. The van der Waals surface area contributed by atoms with Gasteiger partial charge in [-0.25, -0.2) is 0 Å². The van der Waals surface area contributed by atoms with Crippen LogP contribution in [-0.2, 0) is 23.7 Å². The Balaban J connectivity index is 1.74. The number of carbonyl (C=O) groups is 1. The predicted molar refractivity (Wildman–Crippen MR) is 91.6 cm³/mol. The lowest BCUT2D eigenvalue weighted by Crippen LogP contribution is -2.25. The Hall–Kier alpha value is -1.78. The molecule has 116 valence electrons. The fraction of sp³-hybridized carbons (Fsp3) is 0.278. The molecule has 0 aliphatic rings. The molecule has 0 unspecified atom stereocenters. The highest BCUT2D eigenvalue weighted by Gasteiger charge is 2.05. The second kappa shape index (κ2) is 8.61. The molecule has 2 rings (SSSR count). The van der Waals surface area contributed by atoms with E-state index in [0.717, 1.165) is 16.9 Å². The van der Waals surface area contributed by atoms with Crippen LogP contribution in [0.5, 0.6) is 0 Å². The van der Waals surface area contributed by atoms with Gasteiger partial charge < -0.3 is 10.4 Å². The van der Waals surface area contributed by atoms with E-state index >= 15 is 0 Å². The maximum Gasteiger partial charge on any atom is 0.230 e. The average Bonchev–Trinajstić information content (AvgIpc) is 2.53. The minimum absolute atomic E-state index is 0.00580. The molecule has 0 heterocycles. The van der Waals surface area contributed by atoms with Crippen LogP contribution in [0.4, 0.5) is 0 Å². The minimum atomic E-state index is -0.00580. The monoisotopic (exact) mass is 315 g/mol. The van der Waals surface area contributed by atoms with Gasteiger partial charge in [0.2, 0.25) is 5.91 Å². The molecule has 0 aliphatic heterocycles. The molecule has 2 N–H and O–H groups in total. The van der Waals surface area contributed by atoms with Crippen LogP contribution in [0.25, 0.3) is 0 Å². The van der Waals surface area contributed by atoms with Crippen molar-refractivity contribution in [1.29, 1.82) is 0 Å². The van der Waals surface area contributed by atoms with Gasteiger partial charge >= 0.3 is 0 Å². The Bertz CT molecular complexity index is 628. The summed E-state index contributed by atoms with van der Waals surface area (Å²) >= 11 is 1.61. The third-order valence-corrected chi connectivity index (χ3v) is 4.35. The van der Waals surface area contributed by atoms with Gasteiger partial charge in [0.1, 0.15) is 0 Å². The molecule has 0 aromatic heterocycles. The van der Waals surface area contributed by atoms with E-state index in [4.69, 9.17) is 0 Å². The Labute approximate surface area is 135 Å². The highest BCUT2D eigenvalue weighted by atomic mass is 32.2. The quantitative estimate of drug-likeness (QED) is 0.826. The van der Waals surface area contributed by atoms with Crippen LogP contribution < -0.4 is 5.32 Å². The third kappa shape index (κ3) is 5.20. The number of hydrogen-bond donors (Lipinski definition) is 2. The van der Waals surface area contributed by atoms with E-state index < -0.39 is 0 Å². The number of rotatable bonds is 7. The van der Waals surface area contributed by atoms with Crippen molar-refractivity contribution in [3.05, 3.63) is 70.8 Å². The van der Waals surface area contributed by atoms with Gasteiger partial charge in [-0.15, -0.1) is 11.8 Å². The predicted octanol–water partition coefficient (Wildman–Crippen LogP) is 3.04. The lowest BCUT2D eigenvalue weighted by molar-refractivity contribution is -0.118. The summed E-state index contributed by atoms with van der Waals surface area (Å²) in [5, 5.41) is 12.2. The first-order valence-electron chi connectivity index (χ1n) is 7.26. The second-order valence-electron chi connectivity index (χ2n) is 5.19. The molecule has 0 spiro atoms. The Morgan fingerprint density at radius 1 is 1.14 bits per heavy atom. The maximum atomic E-state index is 11.9. The number of aliphatic hydroxyl groups excluding tert-OH is 1. The first-order chi connectivity index (χ1) is 10.7. The topological polar surface area (TPSA) is 49.3 Å². The smallest absolute Gasteiger partial charge is 0.230 e. The van der Waals surface area contributed by atoms with Gasteiger partial charge in [0, 0.05) is 12.3 Å². The van der Waals surface area contributed by atoms with Gasteiger partial charge in [0.05, 0.1) is 12.4 Å². The van der Waals surface area contributed by atoms with Crippen LogP contribution in [0.3, 0.4) is 0 Å². The van der Waals surface area contributed by atoms with Crippen LogP contribution >= 0.6 is 11.8 Å². The lowest BCUT2D eigenvalue weighted by atomic mass is 10.1. The summed E-state index contributed by atoms with van der Waals surface area (Å²) in [6.07, 6.45) is 0. The first-order valence-corrected chi connectivity index (χ1v) is 8.42. The van der Waals surface area contributed by atoms with E-state index in [0.29, 0.717) is 12.3 Å². The molecule has 0 fully saturated rings. The Kier molecular flexibility index (Phi) is 6.49. The number of thioether (sulfide) groups is 1. The summed E-state index contributed by atoms with van der Waals surface area (Å²) in [4.78, 5) is 11.9. The van der Waals surface area contributed by atoms with Crippen molar-refractivity contribution in [3.8, 4) is 0 Å². The second-order valence-corrected chi connectivity index (χ2v) is 6.17. The number of benzene rings is 2. The molecular formula is C18H21NO2S. The molecule has 4 heteroatoms. The SMILES string of the molecule is Cc1cccc(CSCC(=O)NCc2ccccc2CO)c1. The lowest BCUT2D eigenvalue weighted by Gasteiger charge is -2.09. The van der Waals surface area contributed by atoms with Crippen molar-refractivity contribution >= 4 is 17.7 Å². The van der Waals surface area contributed by atoms with Crippen LogP contribution in [0.2, 0.25) is 0 Å². The molecule has 2 aromatic rings. The number of aryl methyl sites for hydroxylation is 1. The van der Waals surface area contributed by atoms with Crippen LogP contribution in [0.1, 0.15) is 22.3 Å². The van der Waals surface area contributed by atoms with Crippen molar-refractivity contribution in [3.63, 3.8) is 0 Å². The van der Waals surface area contributed by atoms with Crippen LogP contribution in [0, 0.1) is 6.92 Å². The highest BCUT2D eigenvalue weighted by molar-refractivity contribution is 7.99. The Morgan fingerprint density at radius 2 is 1.91 bits per heavy atom. The largest absolute Gasteiger partial charge is 0.392 e. The zero-order chi connectivity index (χ0) is 15.8. The zero-order valence-corrected chi connectivity index (χ0v) is 13.5. The summed E-state index contributed by atoms with van der Waals surface area (Å²) in [5.74, 6) is 1.29. The number of aliphatic hydroxyl groups is 1. The van der Waals surface area contributed by atoms with Crippen molar-refractivity contribution in [2.24, 2.45) is 0 Å². The van der Waals surface area contributed by atoms with Gasteiger partial charge in [-0.05, 0) is 23.6 Å². The van der Waals surface area contributed by atoms with Crippen molar-refractivity contribution in [2.75, 3.05) is 5.75 Å². The van der Waals surface area contributed by atoms with Crippen molar-refractivity contribution in [1.82, 2.24) is 5.32 Å². The minimum Gasteiger partial charge on any atom is -0.392 e. The fourth-order valence-electron chi connectivity index (χ4n) is 2.19. The molecule has 0 atom stereocenters. The Morgan fingerprint density at radius 3 is 2.64 bits per heavy atom. The van der Waals surface area contributed by atoms with E-state index in [1.165, 1.54) is 11.1 Å². The van der Waals surface area contributed by atoms with Crippen LogP contribution in [-0.4, -0.2) is 16.8 Å². The summed E-state index contributed by atoms with van der Waals surface area (Å²) in [6.45, 7) is 2.52. The van der Waals surface area contributed by atoms with Crippen molar-refractivity contribution < 1.29 is 9.90 Å². The summed E-state index contributed by atoms with van der Waals surface area (Å²) in [7, 11) is 0. The molecule has 0 aliphatic carbocycles. The van der Waals surface area contributed by atoms with E-state index in [2.05, 4.69) is 30.4 Å². The van der Waals surface area contributed by atoms with Gasteiger partial charge in [0.15, 0.2) is 0 Å². The highest BCUT2D eigenvalue weighted by Crippen LogP contribution is 2.13. The molecule has 22 heavy (non-hydrogen) atoms. The van der Waals surface area contributed by atoms with E-state index in [9.17, 15) is 9.90 Å². The first kappa shape index (κ1) is 16.6. The van der Waals surface area contributed by atoms with E-state index in [1.807, 2.05) is 30.3 Å². The molecule has 0 bridgehead atoms. The molecule has 0 radical (unpaired) electrons. The van der Waals surface area contributed by atoms with Gasteiger partial charge in [-0.2, -0.15) is 0 Å². The standard InChI is InChI=1S/C18H21NO2S/c1-14-5-4-6-15(9-14)12-22-13-18(21)19-10-16-7-2-3-8-17(16)11-20/h2-9,20H,10-13H2,1H3,(H,19,21). The van der Waals surface area contributed by atoms with E-state index in [1.54, 1.807) is 11.8 Å². The maximum absolute atomic E-state index is 11.9. The number of amides is 1. The molecule has 3 nitrogen and oxygen atoms in total. The number of nitrogens with one attached hydrogen (secondary N) is 1. The van der Waals surface area contributed by atoms with Crippen LogP contribution in [0.15, 0.2) is 48.5 Å². The summed E-state index contributed by atoms with van der Waals surface area (Å²) in [5.41, 5.74) is 4.30. The van der Waals surface area contributed by atoms with E-state index in [-0.39, 0.29) is 12.5 Å². The molecule has 1 amide bonds. The number of carbonyl (C=O) groups excluding carboxylic acids is 1. The van der Waals surface area contributed by atoms with Gasteiger partial charge in [0.25, 0.3) is 0 Å². The molecular weight excluding hydrogens is 294 g/mol. The molecule has 0 saturated heterocycles. The third-order valence-electron chi connectivity index (χ3n) is 3.35. The molecule has 0 saturated carbocycles. The molecule has 2 aromatic carbocycles. The number of hydrogen-bond acceptors (Lipinski definition) is 3. The van der Waals surface area contributed by atoms with Gasteiger partial charge in [-0.1, -0.05) is 54.1 Å². The zero-order valence-electron chi connectivity index (χ0n) is 12.7. The van der Waals surface area contributed by atoms with Gasteiger partial charge in [-0.3, -0.25) is 4.79 Å². The van der Waals surface area contributed by atoms with Crippen molar-refractivity contribution in [2.45, 2.75) is 25.8 Å². The summed E-state index contributed by atoms with van der Waals surface area (Å²) < 4.78 is 0. The summed E-state index contributed by atoms with van der Waals surface area (Å²) in [6, 6.07) is 15.9. The fourth-order valence-corrected chi connectivity index (χ4v) is 3.00.